The van der Waals surface area contributed by atoms with E-state index in [9.17, 15) is 22.2 Å². The Morgan fingerprint density at radius 1 is 1.44 bits per heavy atom. The second-order valence-corrected chi connectivity index (χ2v) is 4.56. The van der Waals surface area contributed by atoms with Crippen LogP contribution in [0.25, 0.3) is 0 Å². The van der Waals surface area contributed by atoms with Crippen molar-refractivity contribution in [2.75, 3.05) is 25.4 Å². The predicted octanol–water partition coefficient (Wildman–Crippen LogP) is 1.08. The molecule has 0 fully saturated rings. The van der Waals surface area contributed by atoms with Gasteiger partial charge in [-0.25, -0.2) is 0 Å². The summed E-state index contributed by atoms with van der Waals surface area (Å²) in [5.74, 6) is -1.80. The minimum Gasteiger partial charge on any atom is -0.469 e. The highest BCUT2D eigenvalue weighted by Crippen LogP contribution is 2.14. The van der Waals surface area contributed by atoms with Gasteiger partial charge in [0.2, 0.25) is 0 Å². The average molecular weight is 262 g/mol. The Labute approximate surface area is 93.6 Å². The van der Waals surface area contributed by atoms with E-state index in [0.29, 0.717) is 0 Å². The zero-order valence-corrected chi connectivity index (χ0v) is 9.69. The van der Waals surface area contributed by atoms with Crippen LogP contribution in [0.5, 0.6) is 0 Å². The van der Waals surface area contributed by atoms with Crippen molar-refractivity contribution >= 4 is 16.8 Å². The van der Waals surface area contributed by atoms with Gasteiger partial charge in [-0.05, 0) is 0 Å². The highest BCUT2D eigenvalue weighted by Gasteiger charge is 2.28. The van der Waals surface area contributed by atoms with Crippen molar-refractivity contribution in [1.82, 2.24) is 0 Å². The van der Waals surface area contributed by atoms with Crippen molar-refractivity contribution < 1.29 is 31.6 Å². The second-order valence-electron chi connectivity index (χ2n) is 3.11. The highest BCUT2D eigenvalue weighted by molar-refractivity contribution is 7.84. The molecule has 2 atom stereocenters. The van der Waals surface area contributed by atoms with E-state index >= 15 is 0 Å². The molecule has 2 unspecified atom stereocenters. The average Bonchev–Trinajstić information content (AvgIpc) is 2.14. The van der Waals surface area contributed by atoms with Crippen molar-refractivity contribution in [1.29, 1.82) is 0 Å². The summed E-state index contributed by atoms with van der Waals surface area (Å²) in [7, 11) is -0.448. The van der Waals surface area contributed by atoms with Gasteiger partial charge in [0.15, 0.2) is 0 Å². The van der Waals surface area contributed by atoms with E-state index in [1.807, 2.05) is 0 Å². The molecule has 0 N–H and O–H groups in total. The fourth-order valence-corrected chi connectivity index (χ4v) is 1.91. The molecule has 0 aliphatic heterocycles. The number of alkyl halides is 3. The van der Waals surface area contributed by atoms with Crippen LogP contribution >= 0.6 is 0 Å². The van der Waals surface area contributed by atoms with Crippen LogP contribution in [0.2, 0.25) is 0 Å². The van der Waals surface area contributed by atoms with E-state index in [4.69, 9.17) is 0 Å². The molecule has 0 saturated carbocycles. The first-order chi connectivity index (χ1) is 7.26. The van der Waals surface area contributed by atoms with Crippen LogP contribution in [0.1, 0.15) is 6.92 Å². The number of esters is 1. The second kappa shape index (κ2) is 6.85. The fraction of sp³-hybridized carbons (Fsp3) is 0.875. The van der Waals surface area contributed by atoms with Crippen molar-refractivity contribution in [3.8, 4) is 0 Å². The van der Waals surface area contributed by atoms with Crippen LogP contribution in [0.4, 0.5) is 13.2 Å². The summed E-state index contributed by atoms with van der Waals surface area (Å²) in [6.07, 6.45) is -4.43. The zero-order valence-electron chi connectivity index (χ0n) is 8.87. The molecule has 0 bridgehead atoms. The van der Waals surface area contributed by atoms with E-state index in [-0.39, 0.29) is 5.75 Å². The van der Waals surface area contributed by atoms with Gasteiger partial charge in [-0.15, -0.1) is 0 Å². The first-order valence-corrected chi connectivity index (χ1v) is 5.82. The highest BCUT2D eigenvalue weighted by atomic mass is 32.2. The summed E-state index contributed by atoms with van der Waals surface area (Å²) >= 11 is 0. The van der Waals surface area contributed by atoms with E-state index in [2.05, 4.69) is 9.47 Å². The zero-order chi connectivity index (χ0) is 12.8. The van der Waals surface area contributed by atoms with Gasteiger partial charge in [-0.3, -0.25) is 9.00 Å². The van der Waals surface area contributed by atoms with Crippen molar-refractivity contribution in [2.45, 2.75) is 13.1 Å². The molecule has 0 aromatic carbocycles. The SMILES string of the molecule is COC(=O)C(C)CS(=O)COCC(F)(F)F. The molecular weight excluding hydrogens is 249 g/mol. The van der Waals surface area contributed by atoms with Crippen molar-refractivity contribution in [2.24, 2.45) is 5.92 Å². The number of carbonyl (C=O) groups is 1. The van der Waals surface area contributed by atoms with E-state index in [0.717, 1.165) is 0 Å². The third kappa shape index (κ3) is 7.63. The number of ether oxygens (including phenoxy) is 2. The lowest BCUT2D eigenvalue weighted by atomic mass is 10.2. The lowest BCUT2D eigenvalue weighted by Gasteiger charge is -2.10. The third-order valence-corrected chi connectivity index (χ3v) is 2.82. The van der Waals surface area contributed by atoms with Gasteiger partial charge >= 0.3 is 12.1 Å². The van der Waals surface area contributed by atoms with Crippen LogP contribution in [-0.2, 0) is 25.1 Å². The van der Waals surface area contributed by atoms with Gasteiger partial charge < -0.3 is 9.47 Å². The van der Waals surface area contributed by atoms with Gasteiger partial charge in [0, 0.05) is 16.6 Å². The van der Waals surface area contributed by atoms with E-state index in [1.54, 1.807) is 0 Å². The minimum absolute atomic E-state index is 0.0788. The molecule has 16 heavy (non-hydrogen) atoms. The van der Waals surface area contributed by atoms with Gasteiger partial charge in [-0.2, -0.15) is 13.2 Å². The maximum atomic E-state index is 11.7. The number of halogens is 3. The summed E-state index contributed by atoms with van der Waals surface area (Å²) in [6.45, 7) is 0.0405. The Hall–Kier alpha value is -0.630. The van der Waals surface area contributed by atoms with Gasteiger partial charge in [0.05, 0.1) is 13.0 Å². The molecule has 4 nitrogen and oxygen atoms in total. The summed E-state index contributed by atoms with van der Waals surface area (Å²) < 4.78 is 54.7. The minimum atomic E-state index is -4.43. The summed E-state index contributed by atoms with van der Waals surface area (Å²) in [6, 6.07) is 0. The molecule has 0 rings (SSSR count). The molecule has 0 spiro atoms. The maximum absolute atomic E-state index is 11.7. The fourth-order valence-electron chi connectivity index (χ4n) is 0.847. The molecule has 0 radical (unpaired) electrons. The Bertz CT molecular complexity index is 254. The molecule has 0 aliphatic carbocycles. The monoisotopic (exact) mass is 262 g/mol. The first-order valence-electron chi connectivity index (χ1n) is 4.33. The first kappa shape index (κ1) is 15.4. The molecule has 96 valence electrons. The topological polar surface area (TPSA) is 52.6 Å². The molecule has 0 saturated heterocycles. The molecule has 0 aliphatic rings. The summed E-state index contributed by atoms with van der Waals surface area (Å²) in [5, 5.41) is 0. The lowest BCUT2D eigenvalue weighted by Crippen LogP contribution is -2.23. The molecule has 0 amide bonds. The molecule has 0 aromatic heterocycles. The van der Waals surface area contributed by atoms with Crippen LogP contribution in [0.3, 0.4) is 0 Å². The lowest BCUT2D eigenvalue weighted by molar-refractivity contribution is -0.169. The largest absolute Gasteiger partial charge is 0.469 e. The number of hydrogen-bond acceptors (Lipinski definition) is 4. The Morgan fingerprint density at radius 2 is 2.00 bits per heavy atom. The van der Waals surface area contributed by atoms with Crippen LogP contribution in [-0.4, -0.2) is 41.8 Å². The Morgan fingerprint density at radius 3 is 2.44 bits per heavy atom. The quantitative estimate of drug-likeness (QED) is 0.672. The normalized spacial score (nSPS) is 15.6. The van der Waals surface area contributed by atoms with Gasteiger partial charge in [0.1, 0.15) is 12.5 Å². The van der Waals surface area contributed by atoms with Crippen LogP contribution in [0.15, 0.2) is 0 Å². The van der Waals surface area contributed by atoms with Crippen molar-refractivity contribution in [3.63, 3.8) is 0 Å². The number of carbonyl (C=O) groups excluding carboxylic acids is 1. The molecule has 8 heteroatoms. The summed E-state index contributed by atoms with van der Waals surface area (Å²) in [5.41, 5.74) is 0. The van der Waals surface area contributed by atoms with Gasteiger partial charge in [0.25, 0.3) is 0 Å². The van der Waals surface area contributed by atoms with E-state index < -0.39 is 41.4 Å². The van der Waals surface area contributed by atoms with E-state index in [1.165, 1.54) is 14.0 Å². The Kier molecular flexibility index (Phi) is 6.58. The van der Waals surface area contributed by atoms with Crippen LogP contribution < -0.4 is 0 Å². The van der Waals surface area contributed by atoms with Crippen molar-refractivity contribution in [3.05, 3.63) is 0 Å². The summed E-state index contributed by atoms with van der Waals surface area (Å²) in [4.78, 5) is 10.9. The third-order valence-electron chi connectivity index (χ3n) is 1.52. The molecule has 0 heterocycles. The molecular formula is C8H13F3O4S. The number of hydrogen-bond donors (Lipinski definition) is 0. The smallest absolute Gasteiger partial charge is 0.411 e. The maximum Gasteiger partial charge on any atom is 0.411 e. The standard InChI is InChI=1S/C8H13F3O4S/c1-6(7(12)14-2)3-16(13)5-15-4-8(9,10)11/h6H,3-5H2,1-2H3. The van der Waals surface area contributed by atoms with Gasteiger partial charge in [-0.1, -0.05) is 6.92 Å². The number of rotatable bonds is 6. The van der Waals surface area contributed by atoms with Crippen LogP contribution in [0, 0.1) is 5.92 Å². The number of methoxy groups -OCH3 is 1. The Balaban J connectivity index is 3.79. The molecule has 0 aromatic rings. The predicted molar refractivity (Wildman–Crippen MR) is 51.1 cm³/mol.